The average Bonchev–Trinajstić information content (AvgIpc) is 3.19. The minimum atomic E-state index is -0.502. The molecule has 0 unspecified atom stereocenters. The van der Waals surface area contributed by atoms with Crippen LogP contribution in [0.3, 0.4) is 0 Å². The predicted molar refractivity (Wildman–Crippen MR) is 130 cm³/mol. The van der Waals surface area contributed by atoms with Crippen molar-refractivity contribution in [3.05, 3.63) is 81.8 Å². The maximum atomic E-state index is 13.3. The van der Waals surface area contributed by atoms with Gasteiger partial charge in [-0.05, 0) is 42.2 Å². The highest BCUT2D eigenvalue weighted by Gasteiger charge is 2.42. The second-order valence-electron chi connectivity index (χ2n) is 9.26. The Kier molecular flexibility index (Phi) is 5.81. The topological polar surface area (TPSA) is 76.9 Å². The number of nitrogens with one attached hydrogen (secondary N) is 1. The lowest BCUT2D eigenvalue weighted by molar-refractivity contribution is -0.118. The molecule has 0 radical (unpaired) electrons. The lowest BCUT2D eigenvalue weighted by Gasteiger charge is -2.38. The van der Waals surface area contributed by atoms with E-state index in [1.165, 1.54) is 36.0 Å². The number of ketones is 2. The zero-order valence-corrected chi connectivity index (χ0v) is 20.2. The predicted octanol–water partition coefficient (Wildman–Crippen LogP) is 5.70. The van der Waals surface area contributed by atoms with Crippen LogP contribution in [0, 0.1) is 11.2 Å². The van der Waals surface area contributed by atoms with E-state index in [4.69, 9.17) is 11.6 Å². The van der Waals surface area contributed by atoms with E-state index < -0.39 is 11.9 Å². The van der Waals surface area contributed by atoms with Gasteiger partial charge in [0, 0.05) is 33.8 Å². The molecular weight excluding hydrogens is 475 g/mol. The average molecular weight is 497 g/mol. The van der Waals surface area contributed by atoms with E-state index in [0.29, 0.717) is 40.1 Å². The lowest BCUT2D eigenvalue weighted by atomic mass is 9.73. The van der Waals surface area contributed by atoms with Crippen molar-refractivity contribution in [1.29, 1.82) is 0 Å². The second kappa shape index (κ2) is 8.67. The van der Waals surface area contributed by atoms with E-state index in [-0.39, 0.29) is 22.7 Å². The third-order valence-electron chi connectivity index (χ3n) is 6.01. The molecule has 0 bridgehead atoms. The number of halogens is 2. The molecule has 5 rings (SSSR count). The van der Waals surface area contributed by atoms with Gasteiger partial charge in [0.15, 0.2) is 11.6 Å². The van der Waals surface area contributed by atoms with Crippen molar-refractivity contribution in [3.63, 3.8) is 0 Å². The van der Waals surface area contributed by atoms with Gasteiger partial charge in [-0.25, -0.2) is 9.07 Å². The van der Waals surface area contributed by atoms with Crippen molar-refractivity contribution in [3.8, 4) is 0 Å². The molecule has 34 heavy (non-hydrogen) atoms. The van der Waals surface area contributed by atoms with Crippen LogP contribution in [-0.2, 0) is 4.79 Å². The van der Waals surface area contributed by atoms with Gasteiger partial charge in [0.05, 0.1) is 5.75 Å². The molecule has 0 fully saturated rings. The molecule has 1 aliphatic heterocycles. The molecule has 9 heteroatoms. The van der Waals surface area contributed by atoms with Crippen molar-refractivity contribution in [2.24, 2.45) is 5.41 Å². The molecule has 2 aliphatic rings. The summed E-state index contributed by atoms with van der Waals surface area (Å²) in [6.45, 7) is 4.14. The fraction of sp³-hybridized carbons (Fsp3) is 0.280. The number of carbonyl (C=O) groups excluding carboxylic acids is 2. The van der Waals surface area contributed by atoms with Crippen LogP contribution in [0.5, 0.6) is 0 Å². The Hall–Kier alpha value is -2.97. The van der Waals surface area contributed by atoms with Crippen LogP contribution < -0.4 is 5.32 Å². The quantitative estimate of drug-likeness (QED) is 0.360. The SMILES string of the molecule is CC1(C)CC(=O)C2=C(C1)Nc1nc(SCC(=O)c3ccc(F)cc3)nn1[C@H]2c1ccccc1Cl. The molecule has 3 aromatic rings. The van der Waals surface area contributed by atoms with Gasteiger partial charge in [0.1, 0.15) is 11.9 Å². The van der Waals surface area contributed by atoms with Gasteiger partial charge in [-0.2, -0.15) is 4.98 Å². The highest BCUT2D eigenvalue weighted by atomic mass is 35.5. The van der Waals surface area contributed by atoms with Gasteiger partial charge >= 0.3 is 0 Å². The van der Waals surface area contributed by atoms with Crippen LogP contribution in [0.1, 0.15) is 48.7 Å². The standard InChI is InChI=1S/C25H22ClFN4O2S/c1-25(2)11-18-21(19(32)12-25)22(16-5-3-4-6-17(16)26)31-23(28-18)29-24(30-31)34-13-20(33)14-7-9-15(27)10-8-14/h3-10,22H,11-13H2,1-2H3,(H,28,29,30)/t22-/m0/s1. The fourth-order valence-corrected chi connectivity index (χ4v) is 5.45. The molecular formula is C25H22ClFN4O2S. The number of hydrogen-bond donors (Lipinski definition) is 1. The summed E-state index contributed by atoms with van der Waals surface area (Å²) >= 11 is 7.75. The van der Waals surface area contributed by atoms with E-state index >= 15 is 0 Å². The van der Waals surface area contributed by atoms with Crippen molar-refractivity contribution >= 4 is 40.9 Å². The van der Waals surface area contributed by atoms with E-state index in [1.54, 1.807) is 10.7 Å². The number of benzene rings is 2. The van der Waals surface area contributed by atoms with Crippen molar-refractivity contribution in [2.75, 3.05) is 11.1 Å². The minimum absolute atomic E-state index is 0.0607. The Morgan fingerprint density at radius 1 is 1.21 bits per heavy atom. The maximum absolute atomic E-state index is 13.3. The third kappa shape index (κ3) is 4.28. The summed E-state index contributed by atoms with van der Waals surface area (Å²) in [6, 6.07) is 12.4. The number of thioether (sulfide) groups is 1. The van der Waals surface area contributed by atoms with Crippen LogP contribution in [0.4, 0.5) is 10.3 Å². The summed E-state index contributed by atoms with van der Waals surface area (Å²) < 4.78 is 14.8. The van der Waals surface area contributed by atoms with E-state index in [2.05, 4.69) is 29.2 Å². The van der Waals surface area contributed by atoms with Gasteiger partial charge in [0.25, 0.3) is 0 Å². The highest BCUT2D eigenvalue weighted by Crippen LogP contribution is 2.46. The molecule has 2 heterocycles. The van der Waals surface area contributed by atoms with Gasteiger partial charge in [0.2, 0.25) is 11.1 Å². The summed E-state index contributed by atoms with van der Waals surface area (Å²) in [7, 11) is 0. The number of aromatic nitrogens is 3. The third-order valence-corrected chi connectivity index (χ3v) is 7.19. The first-order valence-electron chi connectivity index (χ1n) is 10.9. The number of allylic oxidation sites excluding steroid dienone is 2. The van der Waals surface area contributed by atoms with Crippen molar-refractivity contribution in [1.82, 2.24) is 14.8 Å². The largest absolute Gasteiger partial charge is 0.328 e. The van der Waals surface area contributed by atoms with Crippen LogP contribution in [0.25, 0.3) is 0 Å². The van der Waals surface area contributed by atoms with E-state index in [1.807, 2.05) is 18.2 Å². The summed E-state index contributed by atoms with van der Waals surface area (Å²) in [4.78, 5) is 30.4. The van der Waals surface area contributed by atoms with Crippen molar-refractivity contribution < 1.29 is 14.0 Å². The first-order valence-corrected chi connectivity index (χ1v) is 12.2. The molecule has 0 saturated heterocycles. The smallest absolute Gasteiger partial charge is 0.227 e. The Morgan fingerprint density at radius 3 is 2.68 bits per heavy atom. The van der Waals surface area contributed by atoms with E-state index in [0.717, 1.165) is 11.3 Å². The van der Waals surface area contributed by atoms with Crippen molar-refractivity contribution in [2.45, 2.75) is 37.9 Å². The second-order valence-corrected chi connectivity index (χ2v) is 10.6. The normalized spacial score (nSPS) is 18.8. The lowest BCUT2D eigenvalue weighted by Crippen LogP contribution is -2.36. The molecule has 1 atom stereocenters. The Bertz CT molecular complexity index is 1330. The van der Waals surface area contributed by atoms with E-state index in [9.17, 15) is 14.0 Å². The molecule has 0 saturated carbocycles. The molecule has 1 aromatic heterocycles. The minimum Gasteiger partial charge on any atom is -0.328 e. The molecule has 0 spiro atoms. The fourth-order valence-electron chi connectivity index (χ4n) is 4.48. The zero-order valence-electron chi connectivity index (χ0n) is 18.6. The van der Waals surface area contributed by atoms with Gasteiger partial charge in [-0.15, -0.1) is 5.10 Å². The number of rotatable bonds is 5. The van der Waals surface area contributed by atoms with Gasteiger partial charge in [-0.1, -0.05) is 55.4 Å². The number of Topliss-reactive ketones (excluding diaryl/α,β-unsaturated/α-hetero) is 2. The highest BCUT2D eigenvalue weighted by molar-refractivity contribution is 7.99. The van der Waals surface area contributed by atoms with Gasteiger partial charge < -0.3 is 5.32 Å². The van der Waals surface area contributed by atoms with Crippen LogP contribution in [0.15, 0.2) is 65.0 Å². The molecule has 1 aliphatic carbocycles. The Morgan fingerprint density at radius 2 is 1.94 bits per heavy atom. The van der Waals surface area contributed by atoms with Gasteiger partial charge in [-0.3, -0.25) is 9.59 Å². The number of nitrogens with zero attached hydrogens (tertiary/aromatic N) is 3. The number of anilines is 1. The molecule has 2 aromatic carbocycles. The van der Waals surface area contributed by atoms with Crippen LogP contribution in [-0.4, -0.2) is 32.1 Å². The monoisotopic (exact) mass is 496 g/mol. The summed E-state index contributed by atoms with van der Waals surface area (Å²) in [5, 5.41) is 8.90. The Labute approximate surface area is 205 Å². The Balaban J connectivity index is 1.48. The maximum Gasteiger partial charge on any atom is 0.227 e. The molecule has 1 N–H and O–H groups in total. The number of hydrogen-bond acceptors (Lipinski definition) is 6. The summed E-state index contributed by atoms with van der Waals surface area (Å²) in [5.41, 5.74) is 2.52. The first-order chi connectivity index (χ1) is 16.2. The molecule has 6 nitrogen and oxygen atoms in total. The summed E-state index contributed by atoms with van der Waals surface area (Å²) in [6.07, 6.45) is 1.14. The first kappa shape index (κ1) is 22.8. The number of carbonyl (C=O) groups is 2. The number of fused-ring (bicyclic) bond motifs is 1. The molecule has 174 valence electrons. The zero-order chi connectivity index (χ0) is 24.0. The molecule has 0 amide bonds. The van der Waals surface area contributed by atoms with Crippen LogP contribution >= 0.6 is 23.4 Å². The summed E-state index contributed by atoms with van der Waals surface area (Å²) in [5.74, 6) is 0.128. The van der Waals surface area contributed by atoms with Crippen LogP contribution in [0.2, 0.25) is 5.02 Å².